The average molecular weight is 266 g/mol. The van der Waals surface area contributed by atoms with Crippen LogP contribution in [0.5, 0.6) is 0 Å². The maximum atomic E-state index is 12.9. The lowest BCUT2D eigenvalue weighted by atomic mass is 10.1. The molecule has 1 aromatic heterocycles. The number of benzene rings is 1. The molecule has 1 heterocycles. The molecule has 94 valence electrons. The number of nitrogens with zero attached hydrogens (tertiary/aromatic N) is 2. The lowest BCUT2D eigenvalue weighted by molar-refractivity contribution is 0.572. The van der Waals surface area contributed by atoms with Gasteiger partial charge in [-0.05, 0) is 43.0 Å². The first-order valence-corrected chi connectivity index (χ1v) is 6.30. The van der Waals surface area contributed by atoms with E-state index in [1.807, 2.05) is 0 Å². The van der Waals surface area contributed by atoms with E-state index in [1.54, 1.807) is 16.8 Å². The van der Waals surface area contributed by atoms with Gasteiger partial charge in [0.15, 0.2) is 0 Å². The normalized spacial score (nSPS) is 15.0. The summed E-state index contributed by atoms with van der Waals surface area (Å²) in [6, 6.07) is 6.10. The number of halogens is 2. The third-order valence-corrected chi connectivity index (χ3v) is 3.55. The molecule has 0 aliphatic heterocycles. The van der Waals surface area contributed by atoms with Gasteiger partial charge >= 0.3 is 0 Å². The third kappa shape index (κ3) is 2.08. The van der Waals surface area contributed by atoms with Gasteiger partial charge in [-0.3, -0.25) is 0 Å². The number of hydrogen-bond acceptors (Lipinski definition) is 2. The zero-order valence-electron chi connectivity index (χ0n) is 9.74. The summed E-state index contributed by atoms with van der Waals surface area (Å²) in [4.78, 5) is 0. The summed E-state index contributed by atoms with van der Waals surface area (Å²) in [5.74, 6) is 0.882. The Labute approximate surface area is 109 Å². The minimum absolute atomic E-state index is 0.278. The molecule has 1 fully saturated rings. The van der Waals surface area contributed by atoms with Crippen molar-refractivity contribution >= 4 is 17.4 Å². The Bertz CT molecular complexity index is 573. The first-order chi connectivity index (χ1) is 8.65. The highest BCUT2D eigenvalue weighted by Crippen LogP contribution is 2.35. The van der Waals surface area contributed by atoms with E-state index in [1.165, 1.54) is 25.0 Å². The molecule has 0 radical (unpaired) electrons. The predicted molar refractivity (Wildman–Crippen MR) is 69.8 cm³/mol. The number of hydrogen-bond donors (Lipinski definition) is 1. The Morgan fingerprint density at radius 3 is 2.61 bits per heavy atom. The largest absolute Gasteiger partial charge is 0.383 e. The van der Waals surface area contributed by atoms with Crippen LogP contribution >= 0.6 is 11.6 Å². The van der Waals surface area contributed by atoms with E-state index in [0.717, 1.165) is 12.1 Å². The smallest absolute Gasteiger partial charge is 0.141 e. The second-order valence-electron chi connectivity index (χ2n) is 4.68. The van der Waals surface area contributed by atoms with Crippen molar-refractivity contribution in [2.75, 3.05) is 5.73 Å². The quantitative estimate of drug-likeness (QED) is 0.925. The molecule has 1 saturated carbocycles. The molecule has 3 rings (SSSR count). The fourth-order valence-electron chi connectivity index (χ4n) is 1.93. The van der Waals surface area contributed by atoms with Crippen molar-refractivity contribution in [2.45, 2.75) is 19.4 Å². The molecule has 0 spiro atoms. The summed E-state index contributed by atoms with van der Waals surface area (Å²) in [6.45, 7) is 0.812. The van der Waals surface area contributed by atoms with E-state index >= 15 is 0 Å². The Kier molecular flexibility index (Phi) is 2.74. The van der Waals surface area contributed by atoms with Crippen molar-refractivity contribution in [3.8, 4) is 11.3 Å². The summed E-state index contributed by atoms with van der Waals surface area (Å²) in [5, 5.41) is 4.87. The maximum Gasteiger partial charge on any atom is 0.141 e. The Hall–Kier alpha value is -1.55. The molecule has 0 bridgehead atoms. The number of nitrogen functional groups attached to an aromatic ring is 1. The highest BCUT2D eigenvalue weighted by molar-refractivity contribution is 6.35. The zero-order valence-corrected chi connectivity index (χ0v) is 10.5. The van der Waals surface area contributed by atoms with Crippen molar-refractivity contribution < 1.29 is 4.39 Å². The van der Waals surface area contributed by atoms with Crippen LogP contribution in [-0.4, -0.2) is 9.78 Å². The Balaban J connectivity index is 1.98. The van der Waals surface area contributed by atoms with Gasteiger partial charge in [-0.1, -0.05) is 11.6 Å². The molecule has 0 atom stereocenters. The van der Waals surface area contributed by atoms with Gasteiger partial charge in [0.05, 0.1) is 0 Å². The van der Waals surface area contributed by atoms with Crippen LogP contribution in [0.2, 0.25) is 5.02 Å². The average Bonchev–Trinajstić information content (AvgIpc) is 3.13. The van der Waals surface area contributed by atoms with Gasteiger partial charge < -0.3 is 5.73 Å². The van der Waals surface area contributed by atoms with E-state index in [2.05, 4.69) is 5.10 Å². The van der Waals surface area contributed by atoms with Gasteiger partial charge in [0.1, 0.15) is 22.4 Å². The first kappa shape index (κ1) is 11.5. The maximum absolute atomic E-state index is 12.9. The highest BCUT2D eigenvalue weighted by atomic mass is 35.5. The lowest BCUT2D eigenvalue weighted by Crippen LogP contribution is -2.05. The molecule has 1 aliphatic carbocycles. The van der Waals surface area contributed by atoms with Crippen LogP contribution in [0.3, 0.4) is 0 Å². The number of aromatic nitrogens is 2. The number of anilines is 1. The zero-order chi connectivity index (χ0) is 12.7. The van der Waals surface area contributed by atoms with Gasteiger partial charge in [-0.25, -0.2) is 9.07 Å². The summed E-state index contributed by atoms with van der Waals surface area (Å²) < 4.78 is 14.6. The van der Waals surface area contributed by atoms with Crippen molar-refractivity contribution in [3.05, 3.63) is 35.1 Å². The van der Waals surface area contributed by atoms with Crippen LogP contribution in [0, 0.1) is 11.7 Å². The molecule has 0 amide bonds. The summed E-state index contributed by atoms with van der Waals surface area (Å²) in [6.07, 6.45) is 2.45. The van der Waals surface area contributed by atoms with Crippen LogP contribution in [0.15, 0.2) is 24.3 Å². The van der Waals surface area contributed by atoms with Crippen LogP contribution in [0.4, 0.5) is 10.2 Å². The second-order valence-corrected chi connectivity index (χ2v) is 5.06. The topological polar surface area (TPSA) is 43.8 Å². The van der Waals surface area contributed by atoms with Gasteiger partial charge in [-0.2, -0.15) is 5.10 Å². The second kappa shape index (κ2) is 4.28. The van der Waals surface area contributed by atoms with Crippen LogP contribution in [0.1, 0.15) is 12.8 Å². The molecule has 1 aromatic carbocycles. The standard InChI is InChI=1S/C13H13ClFN3/c14-11-12(9-3-5-10(15)6-4-9)17-18(13(11)16)7-8-1-2-8/h3-6,8H,1-2,7,16H2. The monoisotopic (exact) mass is 265 g/mol. The van der Waals surface area contributed by atoms with Crippen molar-refractivity contribution in [1.29, 1.82) is 0 Å². The van der Waals surface area contributed by atoms with Gasteiger partial charge in [0, 0.05) is 12.1 Å². The summed E-state index contributed by atoms with van der Waals surface area (Å²) in [5.41, 5.74) is 7.34. The summed E-state index contributed by atoms with van der Waals surface area (Å²) in [7, 11) is 0. The molecular formula is C13H13ClFN3. The van der Waals surface area contributed by atoms with Crippen LogP contribution in [-0.2, 0) is 6.54 Å². The molecule has 18 heavy (non-hydrogen) atoms. The minimum Gasteiger partial charge on any atom is -0.383 e. The molecule has 1 aliphatic rings. The SMILES string of the molecule is Nc1c(Cl)c(-c2ccc(F)cc2)nn1CC1CC1. The van der Waals surface area contributed by atoms with E-state index < -0.39 is 0 Å². The van der Waals surface area contributed by atoms with E-state index in [9.17, 15) is 4.39 Å². The third-order valence-electron chi connectivity index (χ3n) is 3.18. The van der Waals surface area contributed by atoms with Gasteiger partial charge in [0.2, 0.25) is 0 Å². The molecule has 3 nitrogen and oxygen atoms in total. The number of rotatable bonds is 3. The molecule has 2 aromatic rings. The van der Waals surface area contributed by atoms with E-state index in [4.69, 9.17) is 17.3 Å². The fraction of sp³-hybridized carbons (Fsp3) is 0.308. The lowest BCUT2D eigenvalue weighted by Gasteiger charge is -2.00. The van der Waals surface area contributed by atoms with Gasteiger partial charge in [0.25, 0.3) is 0 Å². The molecule has 2 N–H and O–H groups in total. The van der Waals surface area contributed by atoms with E-state index in [0.29, 0.717) is 22.5 Å². The summed E-state index contributed by atoms with van der Waals surface area (Å²) >= 11 is 6.19. The van der Waals surface area contributed by atoms with Crippen molar-refractivity contribution in [1.82, 2.24) is 9.78 Å². The van der Waals surface area contributed by atoms with Gasteiger partial charge in [-0.15, -0.1) is 0 Å². The van der Waals surface area contributed by atoms with Crippen LogP contribution in [0.25, 0.3) is 11.3 Å². The van der Waals surface area contributed by atoms with E-state index in [-0.39, 0.29) is 5.82 Å². The minimum atomic E-state index is -0.278. The van der Waals surface area contributed by atoms with Crippen molar-refractivity contribution in [2.24, 2.45) is 5.92 Å². The first-order valence-electron chi connectivity index (χ1n) is 5.93. The Morgan fingerprint density at radius 1 is 1.33 bits per heavy atom. The van der Waals surface area contributed by atoms with Crippen molar-refractivity contribution in [3.63, 3.8) is 0 Å². The highest BCUT2D eigenvalue weighted by Gasteiger charge is 2.25. The number of nitrogens with two attached hydrogens (primary N) is 1. The molecule has 0 saturated heterocycles. The Morgan fingerprint density at radius 2 is 2.00 bits per heavy atom. The van der Waals surface area contributed by atoms with Crippen LogP contribution < -0.4 is 5.73 Å². The predicted octanol–water partition coefficient (Wildman–Crippen LogP) is 3.33. The molecular weight excluding hydrogens is 253 g/mol. The fourth-order valence-corrected chi connectivity index (χ4v) is 2.17. The molecule has 5 heteroatoms. The molecule has 0 unspecified atom stereocenters.